The summed E-state index contributed by atoms with van der Waals surface area (Å²) < 4.78 is 8.21. The number of hydrogen-bond donors (Lipinski definition) is 2. The van der Waals surface area contributed by atoms with Gasteiger partial charge in [0.15, 0.2) is 5.13 Å². The van der Waals surface area contributed by atoms with E-state index in [9.17, 15) is 4.79 Å². The lowest BCUT2D eigenvalue weighted by Crippen LogP contribution is -2.13. The van der Waals surface area contributed by atoms with Gasteiger partial charge in [0.1, 0.15) is 16.7 Å². The standard InChI is InChI=1S/C10H6ClN5OS2/c11-4-1-2-5-8(16-19-15-5)7(4)14-9(17)6-3-18-10(12)13-6/h1-3H,(H2,12,13)(H,14,17). The van der Waals surface area contributed by atoms with Crippen molar-refractivity contribution in [3.63, 3.8) is 0 Å². The number of nitrogens with one attached hydrogen (secondary N) is 1. The molecule has 0 aliphatic rings. The number of rotatable bonds is 2. The van der Waals surface area contributed by atoms with Crippen molar-refractivity contribution in [1.29, 1.82) is 0 Å². The summed E-state index contributed by atoms with van der Waals surface area (Å²) in [6, 6.07) is 3.41. The van der Waals surface area contributed by atoms with E-state index in [-0.39, 0.29) is 11.6 Å². The van der Waals surface area contributed by atoms with E-state index in [2.05, 4.69) is 19.0 Å². The molecule has 6 nitrogen and oxygen atoms in total. The minimum atomic E-state index is -0.379. The van der Waals surface area contributed by atoms with Gasteiger partial charge in [0.05, 0.1) is 22.4 Å². The molecular formula is C10H6ClN5OS2. The Morgan fingerprint density at radius 3 is 2.95 bits per heavy atom. The molecule has 3 N–H and O–H groups in total. The number of anilines is 2. The summed E-state index contributed by atoms with van der Waals surface area (Å²) in [7, 11) is 0. The SMILES string of the molecule is Nc1nc(C(=O)Nc2c(Cl)ccc3nsnc23)cs1. The lowest BCUT2D eigenvalue weighted by molar-refractivity contribution is 0.102. The molecule has 3 rings (SSSR count). The second kappa shape index (κ2) is 4.72. The number of nitrogens with two attached hydrogens (primary N) is 1. The van der Waals surface area contributed by atoms with Gasteiger partial charge in [0.25, 0.3) is 5.91 Å². The molecule has 0 saturated carbocycles. The lowest BCUT2D eigenvalue weighted by atomic mass is 10.2. The molecule has 1 amide bonds. The second-order valence-corrected chi connectivity index (χ2v) is 5.40. The first-order chi connectivity index (χ1) is 9.15. The molecule has 0 unspecified atom stereocenters. The summed E-state index contributed by atoms with van der Waals surface area (Å²) in [5.41, 5.74) is 7.42. The highest BCUT2D eigenvalue weighted by molar-refractivity contribution is 7.13. The molecule has 1 aromatic carbocycles. The fourth-order valence-corrected chi connectivity index (χ4v) is 2.80. The third-order valence-corrected chi connectivity index (χ3v) is 3.90. The average molecular weight is 312 g/mol. The second-order valence-electron chi connectivity index (χ2n) is 3.58. The number of thiazole rings is 1. The monoisotopic (exact) mass is 311 g/mol. The van der Waals surface area contributed by atoms with Crippen molar-refractivity contribution in [2.75, 3.05) is 11.1 Å². The average Bonchev–Trinajstić information content (AvgIpc) is 3.01. The first-order valence-electron chi connectivity index (χ1n) is 5.08. The van der Waals surface area contributed by atoms with Crippen molar-refractivity contribution < 1.29 is 4.79 Å². The number of nitrogens with zero attached hydrogens (tertiary/aromatic N) is 3. The van der Waals surface area contributed by atoms with Crippen LogP contribution in [0.3, 0.4) is 0 Å². The van der Waals surface area contributed by atoms with Gasteiger partial charge in [-0.05, 0) is 12.1 Å². The molecular weight excluding hydrogens is 306 g/mol. The molecule has 19 heavy (non-hydrogen) atoms. The number of aromatic nitrogens is 3. The molecule has 9 heteroatoms. The highest BCUT2D eigenvalue weighted by Gasteiger charge is 2.15. The van der Waals surface area contributed by atoms with Crippen molar-refractivity contribution in [1.82, 2.24) is 13.7 Å². The smallest absolute Gasteiger partial charge is 0.275 e. The van der Waals surface area contributed by atoms with Crippen LogP contribution in [0, 0.1) is 0 Å². The van der Waals surface area contributed by atoms with Crippen molar-refractivity contribution in [3.05, 3.63) is 28.2 Å². The molecule has 0 aliphatic heterocycles. The zero-order valence-electron chi connectivity index (χ0n) is 9.25. The van der Waals surface area contributed by atoms with E-state index in [1.54, 1.807) is 17.5 Å². The first-order valence-corrected chi connectivity index (χ1v) is 7.07. The quantitative estimate of drug-likeness (QED) is 0.758. The van der Waals surface area contributed by atoms with Crippen molar-refractivity contribution in [3.8, 4) is 0 Å². The highest BCUT2D eigenvalue weighted by atomic mass is 35.5. The molecule has 0 fully saturated rings. The molecule has 2 aromatic heterocycles. The number of hydrogen-bond acceptors (Lipinski definition) is 7. The zero-order valence-corrected chi connectivity index (χ0v) is 11.6. The van der Waals surface area contributed by atoms with Crippen molar-refractivity contribution in [2.24, 2.45) is 0 Å². The maximum atomic E-state index is 12.0. The van der Waals surface area contributed by atoms with Crippen LogP contribution >= 0.6 is 34.7 Å². The van der Waals surface area contributed by atoms with Crippen LogP contribution in [0.2, 0.25) is 5.02 Å². The van der Waals surface area contributed by atoms with Crippen molar-refractivity contribution >= 4 is 62.4 Å². The number of benzene rings is 1. The summed E-state index contributed by atoms with van der Waals surface area (Å²) in [6.07, 6.45) is 0. The third kappa shape index (κ3) is 2.25. The maximum absolute atomic E-state index is 12.0. The van der Waals surface area contributed by atoms with Gasteiger partial charge in [-0.3, -0.25) is 4.79 Å². The summed E-state index contributed by atoms with van der Waals surface area (Å²) in [5, 5.41) is 5.01. The van der Waals surface area contributed by atoms with Crippen LogP contribution in [0.15, 0.2) is 17.5 Å². The zero-order chi connectivity index (χ0) is 13.4. The van der Waals surface area contributed by atoms with E-state index in [0.29, 0.717) is 26.9 Å². The Labute approximate surface area is 120 Å². The lowest BCUT2D eigenvalue weighted by Gasteiger charge is -2.05. The third-order valence-electron chi connectivity index (χ3n) is 2.37. The number of fused-ring (bicyclic) bond motifs is 1. The number of halogens is 1. The van der Waals surface area contributed by atoms with Crippen molar-refractivity contribution in [2.45, 2.75) is 0 Å². The molecule has 0 atom stereocenters. The number of amides is 1. The minimum absolute atomic E-state index is 0.249. The van der Waals surface area contributed by atoms with Crippen LogP contribution in [0.25, 0.3) is 11.0 Å². The van der Waals surface area contributed by atoms with Gasteiger partial charge in [0.2, 0.25) is 0 Å². The maximum Gasteiger partial charge on any atom is 0.275 e. The van der Waals surface area contributed by atoms with Gasteiger partial charge in [-0.15, -0.1) is 11.3 Å². The molecule has 0 bridgehead atoms. The fourth-order valence-electron chi connectivity index (χ4n) is 1.52. The summed E-state index contributed by atoms with van der Waals surface area (Å²) in [4.78, 5) is 15.9. The molecule has 3 aromatic rings. The van der Waals surface area contributed by atoms with E-state index in [1.807, 2.05) is 0 Å². The van der Waals surface area contributed by atoms with Crippen LogP contribution in [0.4, 0.5) is 10.8 Å². The highest BCUT2D eigenvalue weighted by Crippen LogP contribution is 2.30. The molecule has 0 radical (unpaired) electrons. The van der Waals surface area contributed by atoms with Crippen LogP contribution in [-0.4, -0.2) is 19.6 Å². The minimum Gasteiger partial charge on any atom is -0.375 e. The Bertz CT molecular complexity index is 768. The van der Waals surface area contributed by atoms with Crippen LogP contribution in [-0.2, 0) is 0 Å². The van der Waals surface area contributed by atoms with Gasteiger partial charge >= 0.3 is 0 Å². The number of nitrogen functional groups attached to an aromatic ring is 1. The van der Waals surface area contributed by atoms with E-state index >= 15 is 0 Å². The Balaban J connectivity index is 1.99. The molecule has 0 spiro atoms. The summed E-state index contributed by atoms with van der Waals surface area (Å²) >= 11 is 8.34. The van der Waals surface area contributed by atoms with Gasteiger partial charge < -0.3 is 11.1 Å². The Morgan fingerprint density at radius 2 is 2.21 bits per heavy atom. The van der Waals surface area contributed by atoms with Gasteiger partial charge in [0, 0.05) is 5.38 Å². The predicted octanol–water partition coefficient (Wildman–Crippen LogP) is 2.64. The van der Waals surface area contributed by atoms with Gasteiger partial charge in [-0.25, -0.2) is 4.98 Å². The first kappa shape index (κ1) is 12.3. The summed E-state index contributed by atoms with van der Waals surface area (Å²) in [5.74, 6) is -0.379. The van der Waals surface area contributed by atoms with Crippen LogP contribution in [0.5, 0.6) is 0 Å². The summed E-state index contributed by atoms with van der Waals surface area (Å²) in [6.45, 7) is 0. The fraction of sp³-hybridized carbons (Fsp3) is 0. The van der Waals surface area contributed by atoms with E-state index in [0.717, 1.165) is 11.7 Å². The van der Waals surface area contributed by atoms with E-state index in [4.69, 9.17) is 17.3 Å². The molecule has 2 heterocycles. The number of carbonyl (C=O) groups is 1. The van der Waals surface area contributed by atoms with E-state index < -0.39 is 0 Å². The largest absolute Gasteiger partial charge is 0.375 e. The topological polar surface area (TPSA) is 93.8 Å². The molecule has 96 valence electrons. The van der Waals surface area contributed by atoms with E-state index in [1.165, 1.54) is 11.3 Å². The Hall–Kier alpha value is -1.77. The molecule has 0 aliphatic carbocycles. The van der Waals surface area contributed by atoms with Gasteiger partial charge in [-0.2, -0.15) is 8.75 Å². The molecule has 0 saturated heterocycles. The number of carbonyl (C=O) groups excluding carboxylic acids is 1. The van der Waals surface area contributed by atoms with Crippen LogP contribution < -0.4 is 11.1 Å². The Kier molecular flexibility index (Phi) is 3.05. The Morgan fingerprint density at radius 1 is 1.37 bits per heavy atom. The van der Waals surface area contributed by atoms with Crippen LogP contribution in [0.1, 0.15) is 10.5 Å². The predicted molar refractivity (Wildman–Crippen MR) is 76.9 cm³/mol. The van der Waals surface area contributed by atoms with Gasteiger partial charge in [-0.1, -0.05) is 11.6 Å². The normalized spacial score (nSPS) is 10.8.